The highest BCUT2D eigenvalue weighted by Crippen LogP contribution is 2.06. The minimum absolute atomic E-state index is 0.0259. The van der Waals surface area contributed by atoms with Gasteiger partial charge in [0.1, 0.15) is 6.04 Å². The second-order valence-corrected chi connectivity index (χ2v) is 5.76. The van der Waals surface area contributed by atoms with Gasteiger partial charge in [-0.2, -0.15) is 0 Å². The number of rotatable bonds is 6. The number of nitrogens with zero attached hydrogens (tertiary/aromatic N) is 3. The summed E-state index contributed by atoms with van der Waals surface area (Å²) in [6, 6.07) is -0.331. The number of aromatic nitrogens is 3. The first-order valence-electron chi connectivity index (χ1n) is 6.77. The highest BCUT2D eigenvalue weighted by molar-refractivity contribution is 5.79. The molecular weight excluding hydrogens is 242 g/mol. The lowest BCUT2D eigenvalue weighted by atomic mass is 10.1. The van der Waals surface area contributed by atoms with Crippen LogP contribution in [0.5, 0.6) is 0 Å². The third-order valence-electron chi connectivity index (χ3n) is 2.68. The van der Waals surface area contributed by atoms with Gasteiger partial charge in [-0.15, -0.1) is 5.10 Å². The maximum atomic E-state index is 11.8. The van der Waals surface area contributed by atoms with Crippen molar-refractivity contribution in [3.63, 3.8) is 0 Å². The molecule has 6 nitrogen and oxygen atoms in total. The number of nitrogens with one attached hydrogen (secondary N) is 2. The van der Waals surface area contributed by atoms with Crippen molar-refractivity contribution in [3.05, 3.63) is 11.9 Å². The van der Waals surface area contributed by atoms with Crippen LogP contribution >= 0.6 is 0 Å². The first-order valence-corrected chi connectivity index (χ1v) is 6.77. The van der Waals surface area contributed by atoms with E-state index in [-0.39, 0.29) is 17.5 Å². The molecule has 1 heterocycles. The quantitative estimate of drug-likeness (QED) is 0.814. The van der Waals surface area contributed by atoms with Crippen LogP contribution < -0.4 is 10.6 Å². The average molecular weight is 267 g/mol. The van der Waals surface area contributed by atoms with E-state index in [4.69, 9.17) is 0 Å². The van der Waals surface area contributed by atoms with Crippen molar-refractivity contribution in [1.29, 1.82) is 0 Å². The monoisotopic (exact) mass is 267 g/mol. The smallest absolute Gasteiger partial charge is 0.244 e. The first kappa shape index (κ1) is 15.6. The number of amides is 1. The average Bonchev–Trinajstić information content (AvgIpc) is 2.80. The zero-order valence-corrected chi connectivity index (χ0v) is 12.5. The summed E-state index contributed by atoms with van der Waals surface area (Å²) in [5.74, 6) is -0.0259. The molecule has 1 atom stereocenters. The van der Waals surface area contributed by atoms with Crippen LogP contribution in [0.3, 0.4) is 0 Å². The maximum absolute atomic E-state index is 11.8. The summed E-state index contributed by atoms with van der Waals surface area (Å²) in [4.78, 5) is 11.8. The zero-order valence-electron chi connectivity index (χ0n) is 12.5. The summed E-state index contributed by atoms with van der Waals surface area (Å²) in [5.41, 5.74) is 0.874. The Labute approximate surface area is 115 Å². The summed E-state index contributed by atoms with van der Waals surface area (Å²) in [6.45, 7) is 11.5. The van der Waals surface area contributed by atoms with Crippen LogP contribution in [0.15, 0.2) is 6.20 Å². The lowest BCUT2D eigenvalue weighted by molar-refractivity contribution is -0.124. The second-order valence-electron chi connectivity index (χ2n) is 5.76. The van der Waals surface area contributed by atoms with E-state index in [9.17, 15) is 4.79 Å². The van der Waals surface area contributed by atoms with Gasteiger partial charge in [0.25, 0.3) is 0 Å². The molecule has 1 unspecified atom stereocenters. The van der Waals surface area contributed by atoms with E-state index in [1.54, 1.807) is 4.68 Å². The number of hydrogen-bond donors (Lipinski definition) is 2. The molecule has 0 bridgehead atoms. The van der Waals surface area contributed by atoms with E-state index in [1.165, 1.54) is 0 Å². The van der Waals surface area contributed by atoms with Crippen LogP contribution in [0.4, 0.5) is 0 Å². The molecule has 0 aliphatic rings. The van der Waals surface area contributed by atoms with E-state index in [2.05, 4.69) is 41.7 Å². The van der Waals surface area contributed by atoms with Crippen molar-refractivity contribution in [3.8, 4) is 0 Å². The molecule has 0 aromatic carbocycles. The normalized spacial score (nSPS) is 13.3. The van der Waals surface area contributed by atoms with Gasteiger partial charge in [-0.05, 0) is 34.1 Å². The third-order valence-corrected chi connectivity index (χ3v) is 2.68. The Hall–Kier alpha value is -1.43. The maximum Gasteiger partial charge on any atom is 0.244 e. The molecule has 0 saturated carbocycles. The van der Waals surface area contributed by atoms with Gasteiger partial charge in [0.05, 0.1) is 11.9 Å². The van der Waals surface area contributed by atoms with E-state index >= 15 is 0 Å². The molecule has 0 aliphatic carbocycles. The lowest BCUT2D eigenvalue weighted by Crippen LogP contribution is -2.35. The van der Waals surface area contributed by atoms with E-state index in [0.29, 0.717) is 13.1 Å². The summed E-state index contributed by atoms with van der Waals surface area (Å²) in [6.07, 6.45) is 2.74. The molecule has 1 aromatic heterocycles. The van der Waals surface area contributed by atoms with E-state index < -0.39 is 0 Å². The van der Waals surface area contributed by atoms with Gasteiger partial charge in [0.2, 0.25) is 5.91 Å². The Morgan fingerprint density at radius 3 is 2.74 bits per heavy atom. The molecule has 19 heavy (non-hydrogen) atoms. The third kappa shape index (κ3) is 5.38. The topological polar surface area (TPSA) is 71.8 Å². The number of carbonyl (C=O) groups is 1. The Morgan fingerprint density at radius 1 is 1.47 bits per heavy atom. The van der Waals surface area contributed by atoms with Crippen molar-refractivity contribution < 1.29 is 4.79 Å². The highest BCUT2D eigenvalue weighted by Gasteiger charge is 2.16. The zero-order chi connectivity index (χ0) is 14.5. The van der Waals surface area contributed by atoms with Crippen molar-refractivity contribution in [2.24, 2.45) is 0 Å². The second kappa shape index (κ2) is 6.65. The minimum Gasteiger partial charge on any atom is -0.354 e. The van der Waals surface area contributed by atoms with Crippen LogP contribution in [-0.2, 0) is 11.3 Å². The molecule has 0 radical (unpaired) electrons. The summed E-state index contributed by atoms with van der Waals surface area (Å²) in [5, 5.41) is 14.3. The molecule has 0 spiro atoms. The van der Waals surface area contributed by atoms with Crippen molar-refractivity contribution >= 4 is 5.91 Å². The van der Waals surface area contributed by atoms with Gasteiger partial charge in [0, 0.05) is 18.6 Å². The van der Waals surface area contributed by atoms with Crippen LogP contribution in [0.1, 0.15) is 52.8 Å². The first-order chi connectivity index (χ1) is 8.83. The summed E-state index contributed by atoms with van der Waals surface area (Å²) >= 11 is 0. The molecule has 0 fully saturated rings. The molecular formula is C13H25N5O. The van der Waals surface area contributed by atoms with Gasteiger partial charge in [-0.25, -0.2) is 4.68 Å². The van der Waals surface area contributed by atoms with Crippen LogP contribution in [0.2, 0.25) is 0 Å². The lowest BCUT2D eigenvalue weighted by Gasteiger charge is -2.19. The van der Waals surface area contributed by atoms with Gasteiger partial charge in [0.15, 0.2) is 0 Å². The van der Waals surface area contributed by atoms with Gasteiger partial charge in [-0.1, -0.05) is 12.1 Å². The predicted molar refractivity (Wildman–Crippen MR) is 74.6 cm³/mol. The summed E-state index contributed by atoms with van der Waals surface area (Å²) < 4.78 is 1.60. The van der Waals surface area contributed by atoms with Crippen molar-refractivity contribution in [1.82, 2.24) is 25.6 Å². The van der Waals surface area contributed by atoms with Crippen molar-refractivity contribution in [2.75, 3.05) is 6.54 Å². The number of carbonyl (C=O) groups excluding carboxylic acids is 1. The van der Waals surface area contributed by atoms with Gasteiger partial charge >= 0.3 is 0 Å². The molecule has 108 valence electrons. The van der Waals surface area contributed by atoms with Crippen molar-refractivity contribution in [2.45, 2.75) is 59.2 Å². The molecule has 0 saturated heterocycles. The SMILES string of the molecule is CCCNC(=O)C(C)n1cc(CNC(C)(C)C)nn1. The van der Waals surface area contributed by atoms with Crippen LogP contribution in [-0.4, -0.2) is 33.0 Å². The molecule has 0 aliphatic heterocycles. The molecule has 1 amide bonds. The Bertz CT molecular complexity index is 407. The molecule has 6 heteroatoms. The van der Waals surface area contributed by atoms with Crippen LogP contribution in [0.25, 0.3) is 0 Å². The molecule has 2 N–H and O–H groups in total. The van der Waals surface area contributed by atoms with Gasteiger partial charge in [-0.3, -0.25) is 4.79 Å². The Morgan fingerprint density at radius 2 is 2.16 bits per heavy atom. The van der Waals surface area contributed by atoms with E-state index in [0.717, 1.165) is 12.1 Å². The fourth-order valence-electron chi connectivity index (χ4n) is 1.46. The summed E-state index contributed by atoms with van der Waals surface area (Å²) in [7, 11) is 0. The largest absolute Gasteiger partial charge is 0.354 e. The Kier molecular flexibility index (Phi) is 5.47. The molecule has 1 rings (SSSR count). The standard InChI is InChI=1S/C13H25N5O/c1-6-7-14-12(19)10(2)18-9-11(16-17-18)8-15-13(3,4)5/h9-10,15H,6-8H2,1-5H3,(H,14,19). The fraction of sp³-hybridized carbons (Fsp3) is 0.769. The minimum atomic E-state index is -0.331. The van der Waals surface area contributed by atoms with Crippen LogP contribution in [0, 0.1) is 0 Å². The predicted octanol–water partition coefficient (Wildman–Crippen LogP) is 1.25. The number of hydrogen-bond acceptors (Lipinski definition) is 4. The Balaban J connectivity index is 2.56. The van der Waals surface area contributed by atoms with Gasteiger partial charge < -0.3 is 10.6 Å². The van der Waals surface area contributed by atoms with E-state index in [1.807, 2.05) is 20.0 Å². The highest BCUT2D eigenvalue weighted by atomic mass is 16.2. The molecule has 1 aromatic rings. The fourth-order valence-corrected chi connectivity index (χ4v) is 1.46.